The van der Waals surface area contributed by atoms with Gasteiger partial charge in [-0.3, -0.25) is 14.5 Å². The van der Waals surface area contributed by atoms with E-state index in [0.717, 1.165) is 5.56 Å². The Kier molecular flexibility index (Phi) is 13.0. The van der Waals surface area contributed by atoms with Crippen LogP contribution in [0.25, 0.3) is 6.08 Å². The summed E-state index contributed by atoms with van der Waals surface area (Å²) in [5.74, 6) is 5.03. The van der Waals surface area contributed by atoms with Crippen LogP contribution in [0.5, 0.6) is 5.75 Å². The lowest BCUT2D eigenvalue weighted by Gasteiger charge is -2.05. The molecule has 0 aliphatic rings. The molecule has 0 aliphatic heterocycles. The number of benzene rings is 2. The van der Waals surface area contributed by atoms with E-state index in [1.807, 2.05) is 0 Å². The predicted octanol–water partition coefficient (Wildman–Crippen LogP) is 0.986. The van der Waals surface area contributed by atoms with Gasteiger partial charge in [0, 0.05) is 0 Å². The number of carbonyl (C=O) groups excluding carboxylic acids is 1. The Balaban J connectivity index is 0.000000916. The number of rotatable bonds is 6. The zero-order valence-corrected chi connectivity index (χ0v) is 19.7. The SMILES string of the molecule is CS(=O)(=O)O.CS(=O)(=O)O.N=C(N)C=Cc1ccc(OC(=O)c2ccc(N=CNN)cc2)cc1. The van der Waals surface area contributed by atoms with Crippen LogP contribution in [0, 0.1) is 5.41 Å². The lowest BCUT2D eigenvalue weighted by Crippen LogP contribution is -2.18. The van der Waals surface area contributed by atoms with Crippen LogP contribution >= 0.6 is 0 Å². The first-order valence-corrected chi connectivity index (χ1v) is 12.6. The molecule has 8 N–H and O–H groups in total. The number of nitrogens with zero attached hydrogens (tertiary/aromatic N) is 1. The van der Waals surface area contributed by atoms with Crippen molar-refractivity contribution in [2.75, 3.05) is 12.5 Å². The number of hydrazine groups is 1. The summed E-state index contributed by atoms with van der Waals surface area (Å²) in [6, 6.07) is 13.5. The highest BCUT2D eigenvalue weighted by Gasteiger charge is 2.08. The highest BCUT2D eigenvalue weighted by Crippen LogP contribution is 2.17. The van der Waals surface area contributed by atoms with Crippen molar-refractivity contribution in [2.45, 2.75) is 0 Å². The number of hydrogen-bond acceptors (Lipinski definition) is 9. The molecule has 0 atom stereocenters. The van der Waals surface area contributed by atoms with Gasteiger partial charge in [0.15, 0.2) is 0 Å². The maximum atomic E-state index is 12.1. The lowest BCUT2D eigenvalue weighted by molar-refractivity contribution is 0.0734. The molecule has 0 heterocycles. The Hall–Kier alpha value is -3.63. The molecule has 0 aromatic heterocycles. The Morgan fingerprint density at radius 2 is 1.47 bits per heavy atom. The van der Waals surface area contributed by atoms with Gasteiger partial charge < -0.3 is 15.9 Å². The van der Waals surface area contributed by atoms with Gasteiger partial charge in [-0.2, -0.15) is 16.8 Å². The Bertz CT molecular complexity index is 1160. The average Bonchev–Trinajstić information content (AvgIpc) is 2.69. The van der Waals surface area contributed by atoms with Gasteiger partial charge in [0.25, 0.3) is 20.2 Å². The van der Waals surface area contributed by atoms with Crippen molar-refractivity contribution in [1.29, 1.82) is 5.41 Å². The number of ether oxygens (including phenoxy) is 1. The van der Waals surface area contributed by atoms with Crippen molar-refractivity contribution in [2.24, 2.45) is 16.6 Å². The van der Waals surface area contributed by atoms with Crippen LogP contribution in [-0.4, -0.2) is 56.6 Å². The van der Waals surface area contributed by atoms with Gasteiger partial charge in [0.05, 0.1) is 23.8 Å². The summed E-state index contributed by atoms with van der Waals surface area (Å²) in [4.78, 5) is 16.1. The minimum atomic E-state index is -3.67. The molecule has 0 spiro atoms. The van der Waals surface area contributed by atoms with Gasteiger partial charge in [-0.15, -0.1) is 0 Å². The molecule has 0 fully saturated rings. The van der Waals surface area contributed by atoms with Crippen molar-refractivity contribution < 1.29 is 35.5 Å². The number of nitrogens with one attached hydrogen (secondary N) is 2. The van der Waals surface area contributed by atoms with E-state index in [0.29, 0.717) is 29.5 Å². The molecule has 2 rings (SSSR count). The van der Waals surface area contributed by atoms with Gasteiger partial charge in [-0.05, 0) is 48.0 Å². The first-order valence-electron chi connectivity index (χ1n) is 8.86. The second-order valence-corrected chi connectivity index (χ2v) is 9.12. The number of carbonyl (C=O) groups is 1. The van der Waals surface area contributed by atoms with E-state index in [2.05, 4.69) is 10.4 Å². The Labute approximate surface area is 197 Å². The summed E-state index contributed by atoms with van der Waals surface area (Å²) in [6.07, 6.45) is 5.95. The molecular formula is C19H25N5O8S2. The molecule has 0 radical (unpaired) electrons. The van der Waals surface area contributed by atoms with Gasteiger partial charge >= 0.3 is 5.97 Å². The van der Waals surface area contributed by atoms with Gasteiger partial charge in [-0.1, -0.05) is 18.2 Å². The molecule has 15 heteroatoms. The molecule has 0 bridgehead atoms. The Morgan fingerprint density at radius 1 is 1.00 bits per heavy atom. The van der Waals surface area contributed by atoms with E-state index in [4.69, 9.17) is 30.8 Å². The summed E-state index contributed by atoms with van der Waals surface area (Å²) in [6.45, 7) is 0. The van der Waals surface area contributed by atoms with Crippen LogP contribution in [-0.2, 0) is 20.2 Å². The number of esters is 1. The molecule has 0 aliphatic carbocycles. The fourth-order valence-corrected chi connectivity index (χ4v) is 1.79. The van der Waals surface area contributed by atoms with E-state index in [1.165, 1.54) is 12.4 Å². The molecule has 0 saturated heterocycles. The third-order valence-electron chi connectivity index (χ3n) is 2.94. The molecule has 2 aromatic rings. The second-order valence-electron chi connectivity index (χ2n) is 6.19. The van der Waals surface area contributed by atoms with Crippen LogP contribution < -0.4 is 21.7 Å². The maximum absolute atomic E-state index is 12.1. The third-order valence-corrected chi connectivity index (χ3v) is 2.94. The molecule has 34 heavy (non-hydrogen) atoms. The van der Waals surface area contributed by atoms with Crippen molar-refractivity contribution in [1.82, 2.24) is 5.43 Å². The summed E-state index contributed by atoms with van der Waals surface area (Å²) in [7, 11) is -7.33. The summed E-state index contributed by atoms with van der Waals surface area (Å²) in [5, 5.41) is 7.13. The zero-order chi connectivity index (χ0) is 26.4. The minimum absolute atomic E-state index is 0.0273. The molecular weight excluding hydrogens is 490 g/mol. The second kappa shape index (κ2) is 14.5. The predicted molar refractivity (Wildman–Crippen MR) is 129 cm³/mol. The monoisotopic (exact) mass is 515 g/mol. The minimum Gasteiger partial charge on any atom is -0.423 e. The molecule has 0 amide bonds. The first-order chi connectivity index (χ1) is 15.6. The smallest absolute Gasteiger partial charge is 0.343 e. The molecule has 13 nitrogen and oxygen atoms in total. The lowest BCUT2D eigenvalue weighted by atomic mass is 10.2. The molecule has 186 valence electrons. The molecule has 2 aromatic carbocycles. The van der Waals surface area contributed by atoms with E-state index in [-0.39, 0.29) is 5.84 Å². The Morgan fingerprint density at radius 3 is 1.88 bits per heavy atom. The normalized spacial score (nSPS) is 11.1. The highest BCUT2D eigenvalue weighted by molar-refractivity contribution is 7.85. The van der Waals surface area contributed by atoms with E-state index in [9.17, 15) is 21.6 Å². The van der Waals surface area contributed by atoms with Crippen molar-refractivity contribution >= 4 is 50.1 Å². The number of nitrogens with two attached hydrogens (primary N) is 2. The van der Waals surface area contributed by atoms with E-state index in [1.54, 1.807) is 54.6 Å². The van der Waals surface area contributed by atoms with Crippen molar-refractivity contribution in [3.63, 3.8) is 0 Å². The number of amidine groups is 1. The fourth-order valence-electron chi connectivity index (χ4n) is 1.79. The topological polar surface area (TPSA) is 235 Å². The van der Waals surface area contributed by atoms with Crippen molar-refractivity contribution in [3.8, 4) is 5.75 Å². The summed E-state index contributed by atoms with van der Waals surface area (Å²) >= 11 is 0. The third kappa shape index (κ3) is 19.1. The summed E-state index contributed by atoms with van der Waals surface area (Å²) in [5.41, 5.74) is 9.46. The van der Waals surface area contributed by atoms with Crippen LogP contribution in [0.2, 0.25) is 0 Å². The van der Waals surface area contributed by atoms with Gasteiger partial charge in [0.2, 0.25) is 0 Å². The largest absolute Gasteiger partial charge is 0.423 e. The van der Waals surface area contributed by atoms with E-state index < -0.39 is 26.2 Å². The summed E-state index contributed by atoms with van der Waals surface area (Å²) < 4.78 is 57.0. The molecule has 0 saturated carbocycles. The van der Waals surface area contributed by atoms with Crippen LogP contribution in [0.4, 0.5) is 5.69 Å². The van der Waals surface area contributed by atoms with Gasteiger partial charge in [-0.25, -0.2) is 15.6 Å². The maximum Gasteiger partial charge on any atom is 0.343 e. The van der Waals surface area contributed by atoms with Crippen LogP contribution in [0.15, 0.2) is 59.6 Å². The average molecular weight is 516 g/mol. The number of aliphatic imine (C=N–C) groups is 1. The molecule has 0 unspecified atom stereocenters. The van der Waals surface area contributed by atoms with Gasteiger partial charge in [0.1, 0.15) is 17.9 Å². The van der Waals surface area contributed by atoms with E-state index >= 15 is 0 Å². The fraction of sp³-hybridized carbons (Fsp3) is 0.105. The van der Waals surface area contributed by atoms with Crippen LogP contribution in [0.1, 0.15) is 15.9 Å². The highest BCUT2D eigenvalue weighted by atomic mass is 32.2. The van der Waals surface area contributed by atoms with Crippen LogP contribution in [0.3, 0.4) is 0 Å². The first kappa shape index (κ1) is 30.4. The van der Waals surface area contributed by atoms with Crippen molar-refractivity contribution in [3.05, 3.63) is 65.7 Å². The quantitative estimate of drug-likeness (QED) is 0.0603. The zero-order valence-electron chi connectivity index (χ0n) is 18.1. The number of hydrogen-bond donors (Lipinski definition) is 6. The standard InChI is InChI=1S/C17H17N5O2.2CH4O3S/c18-16(19)10-3-12-1-8-15(9-2-12)24-17(23)13-4-6-14(7-5-13)21-11-22-20;2*1-5(2,3)4/h1-11H,20H2,(H3,18,19)(H,21,22);2*1H3,(H,2,3,4).